The van der Waals surface area contributed by atoms with Gasteiger partial charge in [0.25, 0.3) is 0 Å². The van der Waals surface area contributed by atoms with Crippen molar-refractivity contribution < 1.29 is 9.90 Å². The Morgan fingerprint density at radius 3 is 2.53 bits per heavy atom. The average molecular weight is 223 g/mol. The largest absolute Gasteiger partial charge is 0.480 e. The van der Waals surface area contributed by atoms with Crippen LogP contribution in [0.4, 0.5) is 0 Å². The normalized spacial score (nSPS) is 11.6. The molecule has 4 heteroatoms. The van der Waals surface area contributed by atoms with Gasteiger partial charge in [-0.25, -0.2) is 0 Å². The molecule has 0 aliphatic carbocycles. The fraction of sp³-hybridized carbons (Fsp3) is 0.182. The van der Waals surface area contributed by atoms with Gasteiger partial charge in [0.2, 0.25) is 0 Å². The molecule has 0 saturated heterocycles. The first-order valence-electron chi connectivity index (χ1n) is 4.52. The summed E-state index contributed by atoms with van der Waals surface area (Å²) in [5.74, 6) is -0.963. The third kappa shape index (κ3) is 3.69. The monoisotopic (exact) mass is 223 g/mol. The Kier molecular flexibility index (Phi) is 4.27. The Labute approximate surface area is 92.1 Å². The standard InChI is InChI=1S/C8H6S.C3H7NO2/c1-2-4-8-7(3-1)5-6-9-8;1-2(4)3(5)6/h1-6H;2H,4H2,1H3,(H,5,6)/t;2-/m.0/s1. The smallest absolute Gasteiger partial charge is 0.320 e. The quantitative estimate of drug-likeness (QED) is 0.779. The third-order valence-electron chi connectivity index (χ3n) is 1.75. The Morgan fingerprint density at radius 1 is 1.40 bits per heavy atom. The second-order valence-electron chi connectivity index (χ2n) is 3.09. The molecular formula is C11H13NO2S. The van der Waals surface area contributed by atoms with Gasteiger partial charge in [-0.2, -0.15) is 0 Å². The Morgan fingerprint density at radius 2 is 2.00 bits per heavy atom. The summed E-state index contributed by atoms with van der Waals surface area (Å²) in [5.41, 5.74) is 4.84. The summed E-state index contributed by atoms with van der Waals surface area (Å²) < 4.78 is 1.37. The van der Waals surface area contributed by atoms with Crippen molar-refractivity contribution in [2.75, 3.05) is 0 Å². The molecule has 0 amide bonds. The zero-order valence-electron chi connectivity index (χ0n) is 8.38. The zero-order chi connectivity index (χ0) is 11.3. The molecule has 3 nitrogen and oxygen atoms in total. The Hall–Kier alpha value is -1.39. The molecule has 2 aromatic rings. The van der Waals surface area contributed by atoms with Crippen molar-refractivity contribution in [2.24, 2.45) is 5.73 Å². The second kappa shape index (κ2) is 5.48. The minimum atomic E-state index is -0.963. The molecule has 1 atom stereocenters. The van der Waals surface area contributed by atoms with Crippen LogP contribution in [-0.4, -0.2) is 17.1 Å². The van der Waals surface area contributed by atoms with Crippen molar-refractivity contribution in [1.82, 2.24) is 0 Å². The molecule has 0 saturated carbocycles. The van der Waals surface area contributed by atoms with E-state index in [4.69, 9.17) is 10.8 Å². The first-order chi connectivity index (χ1) is 7.11. The van der Waals surface area contributed by atoms with Crippen molar-refractivity contribution in [2.45, 2.75) is 13.0 Å². The summed E-state index contributed by atoms with van der Waals surface area (Å²) in [4.78, 5) is 9.57. The minimum absolute atomic E-state index is 0.731. The van der Waals surface area contributed by atoms with E-state index in [1.54, 1.807) is 11.3 Å². The second-order valence-corrected chi connectivity index (χ2v) is 4.03. The van der Waals surface area contributed by atoms with Crippen LogP contribution in [0.2, 0.25) is 0 Å². The highest BCUT2D eigenvalue weighted by atomic mass is 32.1. The summed E-state index contributed by atoms with van der Waals surface area (Å²) in [7, 11) is 0. The predicted molar refractivity (Wildman–Crippen MR) is 63.1 cm³/mol. The van der Waals surface area contributed by atoms with Crippen LogP contribution in [0.3, 0.4) is 0 Å². The molecule has 0 bridgehead atoms. The van der Waals surface area contributed by atoms with Gasteiger partial charge in [0.05, 0.1) is 0 Å². The summed E-state index contributed by atoms with van der Waals surface area (Å²) in [6.07, 6.45) is 0. The molecule has 0 radical (unpaired) electrons. The van der Waals surface area contributed by atoms with Crippen molar-refractivity contribution in [3.8, 4) is 0 Å². The minimum Gasteiger partial charge on any atom is -0.480 e. The lowest BCUT2D eigenvalue weighted by molar-refractivity contribution is -0.138. The van der Waals surface area contributed by atoms with Gasteiger partial charge < -0.3 is 10.8 Å². The topological polar surface area (TPSA) is 63.3 Å². The molecule has 1 aromatic carbocycles. The van der Waals surface area contributed by atoms with Crippen LogP contribution in [0.5, 0.6) is 0 Å². The van der Waals surface area contributed by atoms with E-state index in [0.717, 1.165) is 0 Å². The third-order valence-corrected chi connectivity index (χ3v) is 2.65. The highest BCUT2D eigenvalue weighted by Crippen LogP contribution is 2.18. The van der Waals surface area contributed by atoms with Gasteiger partial charge in [0.1, 0.15) is 6.04 Å². The SMILES string of the molecule is C[C@H](N)C(=O)O.c1ccc2sccc2c1. The number of aliphatic carboxylic acids is 1. The molecule has 3 N–H and O–H groups in total. The van der Waals surface area contributed by atoms with Crippen LogP contribution in [-0.2, 0) is 4.79 Å². The Bertz CT molecular complexity index is 407. The lowest BCUT2D eigenvalue weighted by Gasteiger charge is -1.90. The average Bonchev–Trinajstić information content (AvgIpc) is 2.66. The fourth-order valence-electron chi connectivity index (χ4n) is 0.906. The van der Waals surface area contributed by atoms with Crippen molar-refractivity contribution >= 4 is 27.4 Å². The molecule has 0 unspecified atom stereocenters. The van der Waals surface area contributed by atoms with Gasteiger partial charge in [0.15, 0.2) is 0 Å². The molecule has 0 aliphatic rings. The van der Waals surface area contributed by atoms with Crippen LogP contribution in [0.1, 0.15) is 6.92 Å². The number of hydrogen-bond donors (Lipinski definition) is 2. The highest BCUT2D eigenvalue weighted by Gasteiger charge is 1.99. The number of carbonyl (C=O) groups is 1. The number of fused-ring (bicyclic) bond motifs is 1. The summed E-state index contributed by atoms with van der Waals surface area (Å²) >= 11 is 1.79. The molecular weight excluding hydrogens is 210 g/mol. The van der Waals surface area contributed by atoms with E-state index < -0.39 is 12.0 Å². The van der Waals surface area contributed by atoms with Crippen LogP contribution < -0.4 is 5.73 Å². The van der Waals surface area contributed by atoms with Crippen LogP contribution in [0.15, 0.2) is 35.7 Å². The van der Waals surface area contributed by atoms with Gasteiger partial charge >= 0.3 is 5.97 Å². The molecule has 0 fully saturated rings. The maximum Gasteiger partial charge on any atom is 0.320 e. The van der Waals surface area contributed by atoms with Gasteiger partial charge in [-0.1, -0.05) is 18.2 Å². The molecule has 2 rings (SSSR count). The molecule has 0 aliphatic heterocycles. The van der Waals surface area contributed by atoms with E-state index in [2.05, 4.69) is 35.7 Å². The fourth-order valence-corrected chi connectivity index (χ4v) is 1.70. The first-order valence-corrected chi connectivity index (χ1v) is 5.40. The van der Waals surface area contributed by atoms with Crippen molar-refractivity contribution in [3.63, 3.8) is 0 Å². The molecule has 1 heterocycles. The van der Waals surface area contributed by atoms with E-state index in [9.17, 15) is 4.79 Å². The predicted octanol–water partition coefficient (Wildman–Crippen LogP) is 2.32. The summed E-state index contributed by atoms with van der Waals surface area (Å²) in [5, 5.41) is 11.3. The van der Waals surface area contributed by atoms with Crippen LogP contribution in [0, 0.1) is 0 Å². The molecule has 80 valence electrons. The van der Waals surface area contributed by atoms with Crippen LogP contribution in [0.25, 0.3) is 10.1 Å². The molecule has 0 spiro atoms. The summed E-state index contributed by atoms with van der Waals surface area (Å²) in [6.45, 7) is 1.42. The van der Waals surface area contributed by atoms with E-state index >= 15 is 0 Å². The lowest BCUT2D eigenvalue weighted by atomic mass is 10.3. The first kappa shape index (κ1) is 11.7. The number of nitrogens with two attached hydrogens (primary N) is 1. The van der Waals surface area contributed by atoms with E-state index in [1.165, 1.54) is 17.0 Å². The van der Waals surface area contributed by atoms with Crippen molar-refractivity contribution in [3.05, 3.63) is 35.7 Å². The zero-order valence-corrected chi connectivity index (χ0v) is 9.20. The lowest BCUT2D eigenvalue weighted by Crippen LogP contribution is -2.25. The highest BCUT2D eigenvalue weighted by molar-refractivity contribution is 7.17. The van der Waals surface area contributed by atoms with Gasteiger partial charge in [-0.15, -0.1) is 11.3 Å². The molecule has 15 heavy (non-hydrogen) atoms. The summed E-state index contributed by atoms with van der Waals surface area (Å²) in [6, 6.07) is 9.81. The Balaban J connectivity index is 0.000000167. The number of hydrogen-bond acceptors (Lipinski definition) is 3. The van der Waals surface area contributed by atoms with Crippen molar-refractivity contribution in [1.29, 1.82) is 0 Å². The van der Waals surface area contributed by atoms with Crippen LogP contribution >= 0.6 is 11.3 Å². The van der Waals surface area contributed by atoms with E-state index in [1.807, 2.05) is 0 Å². The maximum absolute atomic E-state index is 9.57. The number of rotatable bonds is 1. The van der Waals surface area contributed by atoms with Gasteiger partial charge in [-0.05, 0) is 29.8 Å². The number of carboxylic acid groups (broad SMARTS) is 1. The number of thiophene rings is 1. The van der Waals surface area contributed by atoms with Gasteiger partial charge in [0, 0.05) is 4.70 Å². The maximum atomic E-state index is 9.57. The molecule has 1 aromatic heterocycles. The van der Waals surface area contributed by atoms with E-state index in [0.29, 0.717) is 0 Å². The van der Waals surface area contributed by atoms with Gasteiger partial charge in [-0.3, -0.25) is 4.79 Å². The van der Waals surface area contributed by atoms with E-state index in [-0.39, 0.29) is 0 Å². The number of benzene rings is 1. The number of carboxylic acids is 1.